The van der Waals surface area contributed by atoms with E-state index in [1.807, 2.05) is 6.92 Å². The summed E-state index contributed by atoms with van der Waals surface area (Å²) >= 11 is 0. The van der Waals surface area contributed by atoms with Crippen molar-refractivity contribution in [2.24, 2.45) is 17.8 Å². The summed E-state index contributed by atoms with van der Waals surface area (Å²) in [4.78, 5) is 11.3. The highest BCUT2D eigenvalue weighted by molar-refractivity contribution is 5.72. The molecule has 1 aliphatic heterocycles. The first-order valence-electron chi connectivity index (χ1n) is 11.9. The van der Waals surface area contributed by atoms with Crippen LogP contribution in [0.3, 0.4) is 0 Å². The van der Waals surface area contributed by atoms with Gasteiger partial charge in [0, 0.05) is 36.5 Å². The van der Waals surface area contributed by atoms with Gasteiger partial charge in [-0.05, 0) is 25.2 Å². The summed E-state index contributed by atoms with van der Waals surface area (Å²) in [5, 5.41) is 30.0. The Morgan fingerprint density at radius 2 is 2.00 bits per heavy atom. The van der Waals surface area contributed by atoms with Crippen LogP contribution in [0.5, 0.6) is 5.75 Å². The van der Waals surface area contributed by atoms with Crippen molar-refractivity contribution < 1.29 is 43.1 Å². The molecule has 0 amide bonds. The van der Waals surface area contributed by atoms with E-state index in [1.54, 1.807) is 6.08 Å². The number of carboxylic acids is 1. The van der Waals surface area contributed by atoms with Crippen LogP contribution in [-0.4, -0.2) is 65.5 Å². The highest BCUT2D eigenvalue weighted by Crippen LogP contribution is 2.41. The second-order valence-corrected chi connectivity index (χ2v) is 9.18. The van der Waals surface area contributed by atoms with Gasteiger partial charge in [-0.1, -0.05) is 25.5 Å². The summed E-state index contributed by atoms with van der Waals surface area (Å²) in [6, 6.07) is 2.81. The largest absolute Gasteiger partial charge is 0.490 e. The highest BCUT2D eigenvalue weighted by atomic mass is 19.1. The molecule has 2 fully saturated rings. The Bertz CT molecular complexity index is 813. The van der Waals surface area contributed by atoms with Gasteiger partial charge in [0.25, 0.3) is 0 Å². The Morgan fingerprint density at radius 3 is 2.68 bits per heavy atom. The quantitative estimate of drug-likeness (QED) is 0.414. The van der Waals surface area contributed by atoms with E-state index < -0.39 is 35.9 Å². The Morgan fingerprint density at radius 1 is 1.26 bits per heavy atom. The molecule has 1 heterocycles. The molecule has 3 N–H and O–H groups in total. The first kappa shape index (κ1) is 26.5. The lowest BCUT2D eigenvalue weighted by molar-refractivity contribution is -0.152. The lowest BCUT2D eigenvalue weighted by atomic mass is 9.87. The van der Waals surface area contributed by atoms with Gasteiger partial charge in [0.1, 0.15) is 30.1 Å². The van der Waals surface area contributed by atoms with Gasteiger partial charge in [-0.25, -0.2) is 13.6 Å². The average molecular weight is 485 g/mol. The predicted octanol–water partition coefficient (Wildman–Crippen LogP) is 3.32. The normalized spacial score (nSPS) is 28.9. The Balaban J connectivity index is 1.51. The minimum Gasteiger partial charge on any atom is -0.490 e. The van der Waals surface area contributed by atoms with Crippen LogP contribution in [-0.2, 0) is 14.3 Å². The van der Waals surface area contributed by atoms with E-state index in [4.69, 9.17) is 14.2 Å². The lowest BCUT2D eigenvalue weighted by Gasteiger charge is -2.21. The standard InChI is InChI=1S/C25H34F2O7/c1-2-3-23(25(30)31)33-12-15-4-6-21-20(22(29)11-24(21)34-13-15)7-5-18(28)14-32-19-9-16(26)8-17(27)10-19/h5,7-10,15,18,20-24,28-29H,2-4,6,11-14H2,1H3,(H,30,31)/b7-5+/t15-,18+,20+,21+,22+,23?,24-/m0/s1. The van der Waals surface area contributed by atoms with Crippen molar-refractivity contribution in [1.82, 2.24) is 0 Å². The second-order valence-electron chi connectivity index (χ2n) is 9.18. The number of hydrogen-bond acceptors (Lipinski definition) is 6. The maximum Gasteiger partial charge on any atom is 0.332 e. The molecule has 0 spiro atoms. The number of ether oxygens (including phenoxy) is 3. The number of fused-ring (bicyclic) bond motifs is 1. The maximum absolute atomic E-state index is 13.3. The molecule has 1 saturated heterocycles. The number of halogens is 2. The van der Waals surface area contributed by atoms with Gasteiger partial charge in [-0.2, -0.15) is 0 Å². The molecule has 0 bridgehead atoms. The second kappa shape index (κ2) is 12.6. The summed E-state index contributed by atoms with van der Waals surface area (Å²) in [6.45, 7) is 2.49. The summed E-state index contributed by atoms with van der Waals surface area (Å²) in [5.41, 5.74) is 0. The minimum atomic E-state index is -1.02. The molecule has 7 nitrogen and oxygen atoms in total. The van der Waals surface area contributed by atoms with Gasteiger partial charge in [0.05, 0.1) is 25.4 Å². The monoisotopic (exact) mass is 484 g/mol. The van der Waals surface area contributed by atoms with Crippen LogP contribution in [0, 0.1) is 29.4 Å². The van der Waals surface area contributed by atoms with Crippen LogP contribution in [0.4, 0.5) is 8.78 Å². The van der Waals surface area contributed by atoms with Gasteiger partial charge in [-0.3, -0.25) is 0 Å². The van der Waals surface area contributed by atoms with Gasteiger partial charge in [0.2, 0.25) is 0 Å². The molecule has 3 rings (SSSR count). The fraction of sp³-hybridized carbons (Fsp3) is 0.640. The molecule has 1 aliphatic carbocycles. The molecule has 2 aliphatic rings. The van der Waals surface area contributed by atoms with Crippen LogP contribution < -0.4 is 4.74 Å². The van der Waals surface area contributed by atoms with Crippen molar-refractivity contribution in [3.05, 3.63) is 42.0 Å². The predicted molar refractivity (Wildman–Crippen MR) is 119 cm³/mol. The molecule has 34 heavy (non-hydrogen) atoms. The van der Waals surface area contributed by atoms with Crippen LogP contribution in [0.2, 0.25) is 0 Å². The van der Waals surface area contributed by atoms with Crippen LogP contribution in [0.1, 0.15) is 39.0 Å². The third-order valence-corrected chi connectivity index (χ3v) is 6.52. The molecule has 1 saturated carbocycles. The minimum absolute atomic E-state index is 0.0135. The summed E-state index contributed by atoms with van der Waals surface area (Å²) < 4.78 is 43.5. The molecule has 9 heteroatoms. The number of carboxylic acid groups (broad SMARTS) is 1. The smallest absolute Gasteiger partial charge is 0.332 e. The third kappa shape index (κ3) is 7.46. The number of aliphatic carboxylic acids is 1. The molecule has 0 aromatic heterocycles. The van der Waals surface area contributed by atoms with E-state index in [0.29, 0.717) is 26.1 Å². The molecule has 1 aromatic carbocycles. The molecule has 0 radical (unpaired) electrons. The Kier molecular flexibility index (Phi) is 9.82. The van der Waals surface area contributed by atoms with Crippen molar-refractivity contribution in [2.45, 2.75) is 63.4 Å². The topological polar surface area (TPSA) is 105 Å². The van der Waals surface area contributed by atoms with Crippen molar-refractivity contribution in [2.75, 3.05) is 19.8 Å². The molecule has 190 valence electrons. The third-order valence-electron chi connectivity index (χ3n) is 6.52. The van der Waals surface area contributed by atoms with E-state index in [9.17, 15) is 28.9 Å². The molecule has 1 aromatic rings. The maximum atomic E-state index is 13.3. The lowest BCUT2D eigenvalue weighted by Crippen LogP contribution is -2.27. The number of rotatable bonds is 11. The number of benzene rings is 1. The first-order valence-corrected chi connectivity index (χ1v) is 11.9. The number of carbonyl (C=O) groups is 1. The SMILES string of the molecule is CCCC(OC[C@@H]1CC[C@@H]2[C@@H](/C=C/[C@@H](O)COc3cc(F)cc(F)c3)[C@H](O)C[C@@H]2OC1)C(=O)O. The first-order chi connectivity index (χ1) is 16.3. The van der Waals surface area contributed by atoms with Gasteiger partial charge in [0.15, 0.2) is 6.10 Å². The van der Waals surface area contributed by atoms with Crippen LogP contribution in [0.25, 0.3) is 0 Å². The number of aliphatic hydroxyl groups excluding tert-OH is 2. The van der Waals surface area contributed by atoms with Gasteiger partial charge in [-0.15, -0.1) is 0 Å². The van der Waals surface area contributed by atoms with E-state index in [-0.39, 0.29) is 36.2 Å². The molecular formula is C25H34F2O7. The summed E-state index contributed by atoms with van der Waals surface area (Å²) in [5.74, 6) is -2.56. The number of hydrogen-bond donors (Lipinski definition) is 3. The zero-order chi connectivity index (χ0) is 24.7. The Hall–Kier alpha value is -2.07. The molecular weight excluding hydrogens is 450 g/mol. The molecule has 7 atom stereocenters. The van der Waals surface area contributed by atoms with E-state index in [1.165, 1.54) is 6.08 Å². The summed E-state index contributed by atoms with van der Waals surface area (Å²) in [6.07, 6.45) is 3.98. The highest BCUT2D eigenvalue weighted by Gasteiger charge is 2.43. The van der Waals surface area contributed by atoms with Crippen molar-refractivity contribution in [3.8, 4) is 5.75 Å². The van der Waals surface area contributed by atoms with Crippen LogP contribution >= 0.6 is 0 Å². The molecule has 1 unspecified atom stereocenters. The zero-order valence-corrected chi connectivity index (χ0v) is 19.3. The number of aliphatic hydroxyl groups is 2. The van der Waals surface area contributed by atoms with E-state index in [2.05, 4.69) is 0 Å². The van der Waals surface area contributed by atoms with Crippen LogP contribution in [0.15, 0.2) is 30.4 Å². The van der Waals surface area contributed by atoms with E-state index in [0.717, 1.165) is 37.5 Å². The van der Waals surface area contributed by atoms with E-state index >= 15 is 0 Å². The van der Waals surface area contributed by atoms with Crippen molar-refractivity contribution in [1.29, 1.82) is 0 Å². The fourth-order valence-electron chi connectivity index (χ4n) is 4.74. The van der Waals surface area contributed by atoms with Crippen molar-refractivity contribution >= 4 is 5.97 Å². The van der Waals surface area contributed by atoms with Gasteiger partial charge < -0.3 is 29.5 Å². The summed E-state index contributed by atoms with van der Waals surface area (Å²) in [7, 11) is 0. The van der Waals surface area contributed by atoms with Gasteiger partial charge >= 0.3 is 5.97 Å². The average Bonchev–Trinajstić information content (AvgIpc) is 2.94. The fourth-order valence-corrected chi connectivity index (χ4v) is 4.74. The Labute approximate surface area is 198 Å². The van der Waals surface area contributed by atoms with Crippen molar-refractivity contribution in [3.63, 3.8) is 0 Å². The zero-order valence-electron chi connectivity index (χ0n) is 19.3.